The van der Waals surface area contributed by atoms with Crippen LogP contribution in [0.25, 0.3) is 0 Å². The first-order chi connectivity index (χ1) is 14.6. The summed E-state index contributed by atoms with van der Waals surface area (Å²) in [6.07, 6.45) is 3.13. The highest BCUT2D eigenvalue weighted by atomic mass is 16.5. The Morgan fingerprint density at radius 3 is 2.23 bits per heavy atom. The van der Waals surface area contributed by atoms with E-state index in [1.165, 1.54) is 12.7 Å². The number of likely N-dealkylation sites (tertiary alicyclic amines) is 1. The fraction of sp³-hybridized carbons (Fsp3) is 0.348. The number of rotatable bonds is 6. The molecule has 0 saturated carbocycles. The fourth-order valence-corrected chi connectivity index (χ4v) is 4.22. The number of nitrogens with one attached hydrogen (secondary N) is 1. The number of piperidine rings is 1. The van der Waals surface area contributed by atoms with Gasteiger partial charge in [-0.2, -0.15) is 0 Å². The van der Waals surface area contributed by atoms with Crippen LogP contribution in [0, 0.1) is 5.92 Å². The maximum absolute atomic E-state index is 12.8. The van der Waals surface area contributed by atoms with Crippen LogP contribution in [0.5, 0.6) is 5.75 Å². The average Bonchev–Trinajstić information content (AvgIpc) is 2.99. The molecule has 2 fully saturated rings. The predicted octanol–water partition coefficient (Wildman–Crippen LogP) is 1.49. The lowest BCUT2D eigenvalue weighted by atomic mass is 9.90. The van der Waals surface area contributed by atoms with Gasteiger partial charge in [0.25, 0.3) is 0 Å². The van der Waals surface area contributed by atoms with Gasteiger partial charge in [-0.3, -0.25) is 9.59 Å². The third-order valence-corrected chi connectivity index (χ3v) is 5.95. The number of amides is 4. The molecule has 2 heterocycles. The monoisotopic (exact) mass is 408 g/mol. The van der Waals surface area contributed by atoms with Gasteiger partial charge in [0, 0.05) is 0 Å². The van der Waals surface area contributed by atoms with Crippen LogP contribution in [0.4, 0.5) is 10.5 Å². The maximum atomic E-state index is 12.8. The lowest BCUT2D eigenvalue weighted by Gasteiger charge is -2.31. The summed E-state index contributed by atoms with van der Waals surface area (Å²) < 4.78 is 5.11. The highest BCUT2D eigenvalue weighted by molar-refractivity contribution is 6.52. The lowest BCUT2D eigenvalue weighted by Crippen LogP contribution is -3.14. The van der Waals surface area contributed by atoms with Crippen LogP contribution in [0.2, 0.25) is 0 Å². The van der Waals surface area contributed by atoms with Gasteiger partial charge in [-0.25, -0.2) is 14.6 Å². The summed E-state index contributed by atoms with van der Waals surface area (Å²) in [6.45, 7) is 1.99. The standard InChI is InChI=1S/C23H25N3O4/c1-30-20-9-7-19(8-10-20)26-22(28)21(27)25(23(26)29)16-24-13-11-18(12-14-24)15-17-5-3-2-4-6-17/h2-10,18H,11-16H2,1H3/p+1. The molecule has 2 aliphatic rings. The molecule has 0 aromatic heterocycles. The van der Waals surface area contributed by atoms with E-state index in [2.05, 4.69) is 24.3 Å². The van der Waals surface area contributed by atoms with Gasteiger partial charge in [0.05, 0.1) is 25.9 Å². The number of methoxy groups -OCH3 is 1. The Kier molecular flexibility index (Phi) is 5.81. The van der Waals surface area contributed by atoms with Crippen molar-refractivity contribution in [2.75, 3.05) is 31.8 Å². The Balaban J connectivity index is 1.36. The van der Waals surface area contributed by atoms with Crippen molar-refractivity contribution in [1.29, 1.82) is 0 Å². The second kappa shape index (κ2) is 8.67. The molecule has 0 unspecified atom stereocenters. The minimum atomic E-state index is -0.802. The molecule has 0 radical (unpaired) electrons. The summed E-state index contributed by atoms with van der Waals surface area (Å²) >= 11 is 0. The van der Waals surface area contributed by atoms with Gasteiger partial charge in [-0.1, -0.05) is 30.3 Å². The van der Waals surface area contributed by atoms with Crippen molar-refractivity contribution < 1.29 is 24.0 Å². The van der Waals surface area contributed by atoms with Crippen LogP contribution in [-0.2, 0) is 16.0 Å². The largest absolute Gasteiger partial charge is 0.497 e. The predicted molar refractivity (Wildman–Crippen MR) is 111 cm³/mol. The summed E-state index contributed by atoms with van der Waals surface area (Å²) in [5.41, 5.74) is 1.72. The van der Waals surface area contributed by atoms with Crippen LogP contribution >= 0.6 is 0 Å². The van der Waals surface area contributed by atoms with E-state index >= 15 is 0 Å². The van der Waals surface area contributed by atoms with E-state index in [9.17, 15) is 14.4 Å². The highest BCUT2D eigenvalue weighted by Gasteiger charge is 2.47. The number of anilines is 1. The molecule has 2 saturated heterocycles. The normalized spacial score (nSPS) is 22.0. The first-order valence-corrected chi connectivity index (χ1v) is 10.3. The smallest absolute Gasteiger partial charge is 0.343 e. The van der Waals surface area contributed by atoms with Crippen molar-refractivity contribution in [2.45, 2.75) is 19.3 Å². The molecule has 0 bridgehead atoms. The Hall–Kier alpha value is -3.19. The molecular weight excluding hydrogens is 382 g/mol. The third kappa shape index (κ3) is 4.07. The van der Waals surface area contributed by atoms with Crippen LogP contribution < -0.4 is 14.5 Å². The van der Waals surface area contributed by atoms with Crippen molar-refractivity contribution in [2.24, 2.45) is 5.92 Å². The SMILES string of the molecule is COc1ccc(N2C(=O)C(=O)N(C[NH+]3CCC(Cc4ccccc4)CC3)C2=O)cc1. The molecule has 0 spiro atoms. The van der Waals surface area contributed by atoms with Crippen LogP contribution in [0.1, 0.15) is 18.4 Å². The molecule has 4 amide bonds. The van der Waals surface area contributed by atoms with E-state index in [0.29, 0.717) is 17.4 Å². The topological polar surface area (TPSA) is 71.4 Å². The van der Waals surface area contributed by atoms with Crippen molar-refractivity contribution in [3.63, 3.8) is 0 Å². The van der Waals surface area contributed by atoms with E-state index < -0.39 is 17.8 Å². The molecule has 0 aliphatic carbocycles. The fourth-order valence-electron chi connectivity index (χ4n) is 4.22. The Labute approximate surface area is 175 Å². The molecule has 2 aliphatic heterocycles. The van der Waals surface area contributed by atoms with Crippen molar-refractivity contribution in [1.82, 2.24) is 4.90 Å². The molecule has 2 aromatic rings. The number of benzene rings is 2. The van der Waals surface area contributed by atoms with E-state index in [1.54, 1.807) is 24.3 Å². The highest BCUT2D eigenvalue weighted by Crippen LogP contribution is 2.24. The van der Waals surface area contributed by atoms with E-state index in [-0.39, 0.29) is 6.67 Å². The average molecular weight is 408 g/mol. The summed E-state index contributed by atoms with van der Waals surface area (Å²) in [6, 6.07) is 16.4. The molecule has 4 rings (SSSR count). The molecule has 156 valence electrons. The van der Waals surface area contributed by atoms with E-state index in [1.807, 2.05) is 6.07 Å². The number of quaternary nitrogens is 1. The number of urea groups is 1. The first-order valence-electron chi connectivity index (χ1n) is 10.3. The Morgan fingerprint density at radius 1 is 0.933 bits per heavy atom. The van der Waals surface area contributed by atoms with Gasteiger partial charge in [0.1, 0.15) is 5.75 Å². The number of carbonyl (C=O) groups is 3. The summed E-state index contributed by atoms with van der Waals surface area (Å²) in [7, 11) is 1.54. The summed E-state index contributed by atoms with van der Waals surface area (Å²) in [4.78, 5) is 40.9. The van der Waals surface area contributed by atoms with E-state index in [0.717, 1.165) is 47.1 Å². The first kappa shape index (κ1) is 20.1. The number of nitrogens with zero attached hydrogens (tertiary/aromatic N) is 2. The van der Waals surface area contributed by atoms with Crippen molar-refractivity contribution >= 4 is 23.5 Å². The van der Waals surface area contributed by atoms with Gasteiger partial charge in [0.15, 0.2) is 6.67 Å². The van der Waals surface area contributed by atoms with Crippen molar-refractivity contribution in [3.05, 3.63) is 60.2 Å². The summed E-state index contributed by atoms with van der Waals surface area (Å²) in [5, 5.41) is 0. The molecule has 1 N–H and O–H groups in total. The number of ether oxygens (including phenoxy) is 1. The lowest BCUT2D eigenvalue weighted by molar-refractivity contribution is -0.913. The molecule has 0 atom stereocenters. The molecule has 7 heteroatoms. The van der Waals surface area contributed by atoms with Crippen LogP contribution in [-0.4, -0.2) is 49.6 Å². The summed E-state index contributed by atoms with van der Waals surface area (Å²) in [5.74, 6) is -0.333. The Bertz CT molecular complexity index is 921. The zero-order valence-electron chi connectivity index (χ0n) is 17.0. The minimum Gasteiger partial charge on any atom is -0.497 e. The maximum Gasteiger partial charge on any atom is 0.343 e. The second-order valence-corrected chi connectivity index (χ2v) is 7.90. The Morgan fingerprint density at radius 2 is 1.60 bits per heavy atom. The number of hydrogen-bond acceptors (Lipinski definition) is 4. The molecular formula is C23H26N3O4+. The van der Waals surface area contributed by atoms with Crippen molar-refractivity contribution in [3.8, 4) is 5.75 Å². The molecule has 7 nitrogen and oxygen atoms in total. The van der Waals surface area contributed by atoms with Crippen LogP contribution in [0.3, 0.4) is 0 Å². The minimum absolute atomic E-state index is 0.230. The molecule has 30 heavy (non-hydrogen) atoms. The third-order valence-electron chi connectivity index (χ3n) is 5.95. The number of imide groups is 2. The van der Waals surface area contributed by atoms with Gasteiger partial charge in [-0.15, -0.1) is 0 Å². The zero-order chi connectivity index (χ0) is 21.1. The number of carbonyl (C=O) groups excluding carboxylic acids is 3. The van der Waals surface area contributed by atoms with Crippen LogP contribution in [0.15, 0.2) is 54.6 Å². The number of hydrogen-bond donors (Lipinski definition) is 1. The van der Waals surface area contributed by atoms with Gasteiger partial charge in [-0.05, 0) is 55.0 Å². The quantitative estimate of drug-likeness (QED) is 0.581. The van der Waals surface area contributed by atoms with Gasteiger partial charge in [0.2, 0.25) is 0 Å². The van der Waals surface area contributed by atoms with E-state index in [4.69, 9.17) is 4.74 Å². The second-order valence-electron chi connectivity index (χ2n) is 7.90. The zero-order valence-corrected chi connectivity index (χ0v) is 17.0. The van der Waals surface area contributed by atoms with Gasteiger partial charge < -0.3 is 9.64 Å². The van der Waals surface area contributed by atoms with Gasteiger partial charge >= 0.3 is 17.8 Å². The molecule has 2 aromatic carbocycles.